The molecule has 0 aromatic heterocycles. The van der Waals surface area contributed by atoms with E-state index in [2.05, 4.69) is 5.32 Å². The Labute approximate surface area is 116 Å². The molecule has 0 heterocycles. The average Bonchev–Trinajstić information content (AvgIpc) is 2.34. The van der Waals surface area contributed by atoms with E-state index in [-0.39, 0.29) is 29.1 Å². The lowest BCUT2D eigenvalue weighted by molar-refractivity contribution is -0.384. The topological polar surface area (TPSA) is 98.3 Å². The number of aryl methyl sites for hydroxylation is 1. The number of nitrogens with two attached hydrogens (primary N) is 1. The van der Waals surface area contributed by atoms with Gasteiger partial charge in [-0.2, -0.15) is 0 Å². The van der Waals surface area contributed by atoms with Gasteiger partial charge in [0, 0.05) is 18.3 Å². The predicted molar refractivity (Wildman–Crippen MR) is 74.3 cm³/mol. The number of halogens is 1. The molecule has 1 aromatic carbocycles. The number of benzene rings is 1. The average molecular weight is 286 g/mol. The number of nitro benzene ring substituents is 1. The Morgan fingerprint density at radius 2 is 2.21 bits per heavy atom. The third kappa shape index (κ3) is 3.65. The number of anilines is 1. The van der Waals surface area contributed by atoms with Gasteiger partial charge >= 0.3 is 0 Å². The molecule has 1 atom stereocenters. The third-order valence-corrected chi connectivity index (χ3v) is 3.20. The highest BCUT2D eigenvalue weighted by molar-refractivity contribution is 6.33. The standard InChI is InChI=1S/C12H16ClN3O3/c1-3-8(6-14)12(17)15-10-5-9(13)11(16(18)19)4-7(10)2/h4-5,8H,3,6,14H2,1-2H3,(H,15,17). The molecule has 1 unspecified atom stereocenters. The molecule has 0 radical (unpaired) electrons. The van der Waals surface area contributed by atoms with Crippen LogP contribution >= 0.6 is 11.6 Å². The van der Waals surface area contributed by atoms with Crippen molar-refractivity contribution in [3.05, 3.63) is 32.8 Å². The highest BCUT2D eigenvalue weighted by Gasteiger charge is 2.19. The lowest BCUT2D eigenvalue weighted by atomic mass is 10.1. The number of hydrogen-bond donors (Lipinski definition) is 2. The largest absolute Gasteiger partial charge is 0.330 e. The van der Waals surface area contributed by atoms with Gasteiger partial charge in [0.05, 0.1) is 10.8 Å². The highest BCUT2D eigenvalue weighted by Crippen LogP contribution is 2.30. The summed E-state index contributed by atoms with van der Waals surface area (Å²) in [6.07, 6.45) is 0.627. The molecule has 19 heavy (non-hydrogen) atoms. The van der Waals surface area contributed by atoms with Crippen molar-refractivity contribution in [1.82, 2.24) is 0 Å². The molecular formula is C12H16ClN3O3. The maximum Gasteiger partial charge on any atom is 0.288 e. The second-order valence-corrected chi connectivity index (χ2v) is 4.61. The summed E-state index contributed by atoms with van der Waals surface area (Å²) in [4.78, 5) is 22.1. The summed E-state index contributed by atoms with van der Waals surface area (Å²) in [6.45, 7) is 3.79. The lowest BCUT2D eigenvalue weighted by Gasteiger charge is -2.14. The van der Waals surface area contributed by atoms with Crippen LogP contribution in [-0.4, -0.2) is 17.4 Å². The number of carbonyl (C=O) groups excluding carboxylic acids is 1. The molecular weight excluding hydrogens is 270 g/mol. The molecule has 3 N–H and O–H groups in total. The van der Waals surface area contributed by atoms with E-state index < -0.39 is 4.92 Å². The van der Waals surface area contributed by atoms with Crippen LogP contribution in [0.1, 0.15) is 18.9 Å². The van der Waals surface area contributed by atoms with Gasteiger partial charge in [-0.15, -0.1) is 0 Å². The van der Waals surface area contributed by atoms with Crippen molar-refractivity contribution in [3.63, 3.8) is 0 Å². The van der Waals surface area contributed by atoms with Gasteiger partial charge in [0.2, 0.25) is 5.91 Å². The normalized spacial score (nSPS) is 12.0. The quantitative estimate of drug-likeness (QED) is 0.641. The van der Waals surface area contributed by atoms with Crippen LogP contribution < -0.4 is 11.1 Å². The van der Waals surface area contributed by atoms with E-state index in [9.17, 15) is 14.9 Å². The zero-order valence-corrected chi connectivity index (χ0v) is 11.5. The molecule has 7 heteroatoms. The number of nitrogens with one attached hydrogen (secondary N) is 1. The fourth-order valence-electron chi connectivity index (χ4n) is 1.63. The first-order valence-corrected chi connectivity index (χ1v) is 6.24. The van der Waals surface area contributed by atoms with Gasteiger partial charge < -0.3 is 11.1 Å². The second kappa shape index (κ2) is 6.49. The monoisotopic (exact) mass is 285 g/mol. The predicted octanol–water partition coefficient (Wildman–Crippen LogP) is 2.48. The van der Waals surface area contributed by atoms with Crippen molar-refractivity contribution in [1.29, 1.82) is 0 Å². The summed E-state index contributed by atoms with van der Waals surface area (Å²) >= 11 is 5.81. The summed E-state index contributed by atoms with van der Waals surface area (Å²) in [5.41, 5.74) is 6.36. The van der Waals surface area contributed by atoms with Crippen molar-refractivity contribution in [2.45, 2.75) is 20.3 Å². The summed E-state index contributed by atoms with van der Waals surface area (Å²) in [5.74, 6) is -0.494. The van der Waals surface area contributed by atoms with Crippen LogP contribution in [-0.2, 0) is 4.79 Å². The molecule has 0 aliphatic carbocycles. The van der Waals surface area contributed by atoms with Crippen LogP contribution in [0.3, 0.4) is 0 Å². The molecule has 0 bridgehead atoms. The van der Waals surface area contributed by atoms with Crippen LogP contribution in [0.4, 0.5) is 11.4 Å². The molecule has 1 amide bonds. The van der Waals surface area contributed by atoms with E-state index in [4.69, 9.17) is 17.3 Å². The maximum absolute atomic E-state index is 11.9. The molecule has 0 aliphatic heterocycles. The minimum Gasteiger partial charge on any atom is -0.330 e. The van der Waals surface area contributed by atoms with Crippen LogP contribution in [0.5, 0.6) is 0 Å². The van der Waals surface area contributed by atoms with E-state index in [1.54, 1.807) is 6.92 Å². The van der Waals surface area contributed by atoms with E-state index in [1.165, 1.54) is 12.1 Å². The van der Waals surface area contributed by atoms with Crippen molar-refractivity contribution < 1.29 is 9.72 Å². The molecule has 0 spiro atoms. The van der Waals surface area contributed by atoms with Gasteiger partial charge in [-0.05, 0) is 25.0 Å². The summed E-state index contributed by atoms with van der Waals surface area (Å²) in [7, 11) is 0. The molecule has 0 saturated heterocycles. The maximum atomic E-state index is 11.9. The van der Waals surface area contributed by atoms with Crippen molar-refractivity contribution in [2.24, 2.45) is 11.7 Å². The molecule has 0 saturated carbocycles. The Bertz CT molecular complexity index is 501. The zero-order valence-electron chi connectivity index (χ0n) is 10.8. The number of rotatable bonds is 5. The minimum absolute atomic E-state index is 0.00769. The van der Waals surface area contributed by atoms with Crippen LogP contribution in [0.25, 0.3) is 0 Å². The number of nitrogens with zero attached hydrogens (tertiary/aromatic N) is 1. The molecule has 104 valence electrons. The number of amides is 1. The minimum atomic E-state index is -0.560. The van der Waals surface area contributed by atoms with Gasteiger partial charge in [-0.3, -0.25) is 14.9 Å². The van der Waals surface area contributed by atoms with Crippen LogP contribution in [0, 0.1) is 23.0 Å². The zero-order chi connectivity index (χ0) is 14.6. The van der Waals surface area contributed by atoms with Crippen molar-refractivity contribution >= 4 is 28.9 Å². The first-order chi connectivity index (χ1) is 8.90. The molecule has 6 nitrogen and oxygen atoms in total. The number of hydrogen-bond acceptors (Lipinski definition) is 4. The molecule has 1 aromatic rings. The van der Waals surface area contributed by atoms with E-state index in [0.29, 0.717) is 17.7 Å². The third-order valence-electron chi connectivity index (χ3n) is 2.90. The van der Waals surface area contributed by atoms with Crippen LogP contribution in [0.15, 0.2) is 12.1 Å². The summed E-state index contributed by atoms with van der Waals surface area (Å²) < 4.78 is 0. The molecule has 0 fully saturated rings. The first-order valence-electron chi connectivity index (χ1n) is 5.86. The summed E-state index contributed by atoms with van der Waals surface area (Å²) in [5, 5.41) is 13.4. The summed E-state index contributed by atoms with van der Waals surface area (Å²) in [6, 6.07) is 2.72. The Kier molecular flexibility index (Phi) is 5.26. The van der Waals surface area contributed by atoms with Gasteiger partial charge in [0.15, 0.2) is 0 Å². The fraction of sp³-hybridized carbons (Fsp3) is 0.417. The van der Waals surface area contributed by atoms with Crippen LogP contribution in [0.2, 0.25) is 5.02 Å². The Balaban J connectivity index is 3.00. The Hall–Kier alpha value is -1.66. The first kappa shape index (κ1) is 15.4. The molecule has 0 aliphatic rings. The Morgan fingerprint density at radius 1 is 1.58 bits per heavy atom. The Morgan fingerprint density at radius 3 is 2.68 bits per heavy atom. The second-order valence-electron chi connectivity index (χ2n) is 4.21. The highest BCUT2D eigenvalue weighted by atomic mass is 35.5. The SMILES string of the molecule is CCC(CN)C(=O)Nc1cc(Cl)c([N+](=O)[O-])cc1C. The van der Waals surface area contributed by atoms with Gasteiger partial charge in [-0.25, -0.2) is 0 Å². The molecule has 1 rings (SSSR count). The van der Waals surface area contributed by atoms with Gasteiger partial charge in [0.1, 0.15) is 5.02 Å². The number of carbonyl (C=O) groups is 1. The van der Waals surface area contributed by atoms with E-state index >= 15 is 0 Å². The number of nitro groups is 1. The fourth-order valence-corrected chi connectivity index (χ4v) is 1.87. The van der Waals surface area contributed by atoms with Gasteiger partial charge in [-0.1, -0.05) is 18.5 Å². The van der Waals surface area contributed by atoms with E-state index in [1.807, 2.05) is 6.92 Å². The van der Waals surface area contributed by atoms with Crippen molar-refractivity contribution in [2.75, 3.05) is 11.9 Å². The van der Waals surface area contributed by atoms with Gasteiger partial charge in [0.25, 0.3) is 5.69 Å². The van der Waals surface area contributed by atoms with Crippen molar-refractivity contribution in [3.8, 4) is 0 Å². The lowest BCUT2D eigenvalue weighted by Crippen LogP contribution is -2.28. The van der Waals surface area contributed by atoms with E-state index in [0.717, 1.165) is 0 Å². The smallest absolute Gasteiger partial charge is 0.288 e.